The molecule has 1 aromatic carbocycles. The minimum atomic E-state index is -4.26. The van der Waals surface area contributed by atoms with Gasteiger partial charge in [-0.25, -0.2) is 0 Å². The highest BCUT2D eigenvalue weighted by Gasteiger charge is 2.13. The van der Waals surface area contributed by atoms with Crippen LogP contribution in [0.15, 0.2) is 39.4 Å². The summed E-state index contributed by atoms with van der Waals surface area (Å²) in [7, 11) is -2.73. The molecule has 0 fully saturated rings. The second-order valence-electron chi connectivity index (χ2n) is 2.90. The Labute approximate surface area is 93.7 Å². The van der Waals surface area contributed by atoms with Crippen LogP contribution >= 0.6 is 0 Å². The summed E-state index contributed by atoms with van der Waals surface area (Å²) in [6.07, 6.45) is 0. The molecule has 0 amide bonds. The fourth-order valence-electron chi connectivity index (χ4n) is 1.02. The SMILES string of the molecule is COCCN=Nc1ccccc1S(=O)(=O)O. The average molecular weight is 244 g/mol. The van der Waals surface area contributed by atoms with Crippen LogP contribution in [0, 0.1) is 0 Å². The standard InChI is InChI=1S/C9H12N2O4S/c1-15-7-6-10-11-8-4-2-3-5-9(8)16(12,13)14/h2-5H,6-7H2,1H3,(H,12,13,14). The molecule has 1 N–H and O–H groups in total. The van der Waals surface area contributed by atoms with Gasteiger partial charge in [0.25, 0.3) is 10.1 Å². The van der Waals surface area contributed by atoms with Crippen LogP contribution in [0.2, 0.25) is 0 Å². The minimum absolute atomic E-state index is 0.112. The topological polar surface area (TPSA) is 88.3 Å². The van der Waals surface area contributed by atoms with E-state index in [1.165, 1.54) is 25.3 Å². The van der Waals surface area contributed by atoms with E-state index < -0.39 is 10.1 Å². The van der Waals surface area contributed by atoms with Crippen LogP contribution in [0.5, 0.6) is 0 Å². The second kappa shape index (κ2) is 5.69. The van der Waals surface area contributed by atoms with Gasteiger partial charge in [-0.2, -0.15) is 18.6 Å². The average Bonchev–Trinajstić information content (AvgIpc) is 2.24. The lowest BCUT2D eigenvalue weighted by Gasteiger charge is -2.00. The molecule has 0 unspecified atom stereocenters. The Balaban J connectivity index is 2.92. The maximum atomic E-state index is 11.0. The quantitative estimate of drug-likeness (QED) is 0.484. The first kappa shape index (κ1) is 12.8. The number of methoxy groups -OCH3 is 1. The first-order valence-corrected chi connectivity index (χ1v) is 5.92. The van der Waals surface area contributed by atoms with Crippen LogP contribution in [0.1, 0.15) is 0 Å². The third-order valence-corrected chi connectivity index (χ3v) is 2.62. The van der Waals surface area contributed by atoms with Crippen molar-refractivity contribution in [3.63, 3.8) is 0 Å². The lowest BCUT2D eigenvalue weighted by atomic mass is 10.3. The molecule has 6 nitrogen and oxygen atoms in total. The summed E-state index contributed by atoms with van der Waals surface area (Å²) in [5.74, 6) is 0. The molecule has 0 atom stereocenters. The molecule has 7 heteroatoms. The van der Waals surface area contributed by atoms with E-state index >= 15 is 0 Å². The van der Waals surface area contributed by atoms with Gasteiger partial charge < -0.3 is 4.74 Å². The molecule has 16 heavy (non-hydrogen) atoms. The minimum Gasteiger partial charge on any atom is -0.383 e. The van der Waals surface area contributed by atoms with Gasteiger partial charge >= 0.3 is 0 Å². The van der Waals surface area contributed by atoms with E-state index in [9.17, 15) is 8.42 Å². The predicted octanol–water partition coefficient (Wildman–Crippen LogP) is 1.66. The Bertz CT molecular complexity index is 470. The lowest BCUT2D eigenvalue weighted by molar-refractivity contribution is 0.206. The number of hydrogen-bond acceptors (Lipinski definition) is 5. The van der Waals surface area contributed by atoms with Crippen LogP contribution in [-0.4, -0.2) is 33.2 Å². The molecular weight excluding hydrogens is 232 g/mol. The highest BCUT2D eigenvalue weighted by Crippen LogP contribution is 2.23. The largest absolute Gasteiger partial charge is 0.383 e. The van der Waals surface area contributed by atoms with Crippen molar-refractivity contribution in [1.82, 2.24) is 0 Å². The molecule has 88 valence electrons. The third-order valence-electron chi connectivity index (χ3n) is 1.72. The molecule has 0 heterocycles. The first-order valence-electron chi connectivity index (χ1n) is 4.48. The Morgan fingerprint density at radius 2 is 2.06 bits per heavy atom. The van der Waals surface area contributed by atoms with Gasteiger partial charge in [-0.05, 0) is 12.1 Å². The lowest BCUT2D eigenvalue weighted by Crippen LogP contribution is -1.98. The Morgan fingerprint density at radius 1 is 1.38 bits per heavy atom. The maximum absolute atomic E-state index is 11.0. The highest BCUT2D eigenvalue weighted by molar-refractivity contribution is 7.86. The van der Waals surface area contributed by atoms with E-state index in [1.807, 2.05) is 0 Å². The van der Waals surface area contributed by atoms with E-state index in [-0.39, 0.29) is 10.6 Å². The van der Waals surface area contributed by atoms with E-state index in [4.69, 9.17) is 9.29 Å². The summed E-state index contributed by atoms with van der Waals surface area (Å²) in [5.41, 5.74) is 0.112. The van der Waals surface area contributed by atoms with Crippen molar-refractivity contribution in [3.05, 3.63) is 24.3 Å². The summed E-state index contributed by atoms with van der Waals surface area (Å²) in [6.45, 7) is 0.730. The number of azo groups is 1. The van der Waals surface area contributed by atoms with Crippen molar-refractivity contribution < 1.29 is 17.7 Å². The molecule has 0 saturated heterocycles. The summed E-state index contributed by atoms with van der Waals surface area (Å²) >= 11 is 0. The maximum Gasteiger partial charge on any atom is 0.296 e. The highest BCUT2D eigenvalue weighted by atomic mass is 32.2. The van der Waals surface area contributed by atoms with Crippen molar-refractivity contribution in [2.45, 2.75) is 4.90 Å². The number of rotatable bonds is 5. The third kappa shape index (κ3) is 3.69. The monoisotopic (exact) mass is 244 g/mol. The molecule has 1 rings (SSSR count). The van der Waals surface area contributed by atoms with Crippen molar-refractivity contribution in [2.24, 2.45) is 10.2 Å². The van der Waals surface area contributed by atoms with Gasteiger partial charge in [0.05, 0.1) is 13.2 Å². The molecule has 0 bridgehead atoms. The van der Waals surface area contributed by atoms with E-state index in [0.717, 1.165) is 0 Å². The van der Waals surface area contributed by atoms with E-state index in [2.05, 4.69) is 10.2 Å². The van der Waals surface area contributed by atoms with Crippen molar-refractivity contribution >= 4 is 15.8 Å². The van der Waals surface area contributed by atoms with E-state index in [1.54, 1.807) is 6.07 Å². The molecule has 1 aromatic rings. The van der Waals surface area contributed by atoms with Crippen LogP contribution < -0.4 is 0 Å². The molecule has 0 aliphatic heterocycles. The summed E-state index contributed by atoms with van der Waals surface area (Å²) < 4.78 is 35.6. The van der Waals surface area contributed by atoms with Gasteiger partial charge in [0.15, 0.2) is 0 Å². The zero-order chi connectivity index (χ0) is 12.0. The molecule has 0 spiro atoms. The second-order valence-corrected chi connectivity index (χ2v) is 4.29. The summed E-state index contributed by atoms with van der Waals surface area (Å²) in [5, 5.41) is 7.45. The van der Waals surface area contributed by atoms with Gasteiger partial charge in [-0.1, -0.05) is 12.1 Å². The van der Waals surface area contributed by atoms with Crippen LogP contribution in [0.3, 0.4) is 0 Å². The van der Waals surface area contributed by atoms with Crippen LogP contribution in [0.25, 0.3) is 0 Å². The smallest absolute Gasteiger partial charge is 0.296 e. The van der Waals surface area contributed by atoms with Gasteiger partial charge in [-0.3, -0.25) is 4.55 Å². The van der Waals surface area contributed by atoms with Gasteiger partial charge in [-0.15, -0.1) is 0 Å². The zero-order valence-corrected chi connectivity index (χ0v) is 9.51. The number of nitrogens with zero attached hydrogens (tertiary/aromatic N) is 2. The van der Waals surface area contributed by atoms with Crippen molar-refractivity contribution in [1.29, 1.82) is 0 Å². The summed E-state index contributed by atoms with van der Waals surface area (Å²) in [4.78, 5) is -0.254. The zero-order valence-electron chi connectivity index (χ0n) is 8.70. The molecule has 0 aliphatic rings. The van der Waals surface area contributed by atoms with Crippen molar-refractivity contribution in [3.8, 4) is 0 Å². The Morgan fingerprint density at radius 3 is 2.69 bits per heavy atom. The molecule has 0 radical (unpaired) electrons. The normalized spacial score (nSPS) is 12.1. The van der Waals surface area contributed by atoms with Gasteiger partial charge in [0.1, 0.15) is 10.6 Å². The number of benzene rings is 1. The molecule has 0 saturated carbocycles. The molecule has 0 aromatic heterocycles. The number of hydrogen-bond donors (Lipinski definition) is 1. The Kier molecular flexibility index (Phi) is 4.53. The van der Waals surface area contributed by atoms with Gasteiger partial charge in [0.2, 0.25) is 0 Å². The Hall–Kier alpha value is -1.31. The van der Waals surface area contributed by atoms with E-state index in [0.29, 0.717) is 13.2 Å². The fraction of sp³-hybridized carbons (Fsp3) is 0.333. The van der Waals surface area contributed by atoms with Gasteiger partial charge in [0, 0.05) is 7.11 Å². The summed E-state index contributed by atoms with van der Waals surface area (Å²) in [6, 6.07) is 5.83. The van der Waals surface area contributed by atoms with Crippen molar-refractivity contribution in [2.75, 3.05) is 20.3 Å². The first-order chi connectivity index (χ1) is 7.55. The van der Waals surface area contributed by atoms with Crippen LogP contribution in [0.4, 0.5) is 5.69 Å². The predicted molar refractivity (Wildman–Crippen MR) is 57.5 cm³/mol. The molecular formula is C9H12N2O4S. The fourth-order valence-corrected chi connectivity index (χ4v) is 1.64. The molecule has 0 aliphatic carbocycles. The number of ether oxygens (including phenoxy) is 1. The van der Waals surface area contributed by atoms with Crippen LogP contribution in [-0.2, 0) is 14.9 Å².